The van der Waals surface area contributed by atoms with E-state index >= 15 is 0 Å². The fourth-order valence-electron chi connectivity index (χ4n) is 1.55. The van der Waals surface area contributed by atoms with Crippen molar-refractivity contribution in [1.82, 2.24) is 10.6 Å². The Hall–Kier alpha value is -1.71. The zero-order valence-corrected chi connectivity index (χ0v) is 12.5. The third-order valence-electron chi connectivity index (χ3n) is 2.35. The van der Waals surface area contributed by atoms with E-state index in [1.807, 2.05) is 37.3 Å². The highest BCUT2D eigenvalue weighted by atomic mass is 16.5. The maximum Gasteiger partial charge on any atom is 0.191 e. The molecule has 1 rings (SSSR count). The Morgan fingerprint density at radius 1 is 1.26 bits per heavy atom. The smallest absolute Gasteiger partial charge is 0.191 e. The van der Waals surface area contributed by atoms with Crippen molar-refractivity contribution in [1.29, 1.82) is 0 Å². The highest BCUT2D eigenvalue weighted by Crippen LogP contribution is 2.10. The number of hydrogen-bond donors (Lipinski definition) is 2. The lowest BCUT2D eigenvalue weighted by atomic mass is 10.1. The molecule has 0 aliphatic heterocycles. The molecule has 0 fully saturated rings. The van der Waals surface area contributed by atoms with Gasteiger partial charge in [-0.2, -0.15) is 0 Å². The van der Waals surface area contributed by atoms with Crippen LogP contribution in [0.4, 0.5) is 0 Å². The topological polar surface area (TPSA) is 45.7 Å². The minimum atomic E-state index is -0.00856. The van der Waals surface area contributed by atoms with Gasteiger partial charge in [0, 0.05) is 12.6 Å². The summed E-state index contributed by atoms with van der Waals surface area (Å²) in [5.74, 6) is 1.67. The fourth-order valence-corrected chi connectivity index (χ4v) is 1.55. The van der Waals surface area contributed by atoms with E-state index in [0.717, 1.165) is 11.7 Å². The molecule has 0 spiro atoms. The summed E-state index contributed by atoms with van der Waals surface area (Å²) in [6.45, 7) is 9.03. The van der Waals surface area contributed by atoms with Gasteiger partial charge in [-0.05, 0) is 39.8 Å². The van der Waals surface area contributed by atoms with Crippen LogP contribution in [0.3, 0.4) is 0 Å². The molecule has 0 bridgehead atoms. The van der Waals surface area contributed by atoms with Gasteiger partial charge in [0.05, 0.1) is 6.54 Å². The summed E-state index contributed by atoms with van der Waals surface area (Å²) < 4.78 is 5.79. The molecular weight excluding hydrogens is 238 g/mol. The van der Waals surface area contributed by atoms with Crippen molar-refractivity contribution in [2.45, 2.75) is 39.3 Å². The van der Waals surface area contributed by atoms with Crippen molar-refractivity contribution < 1.29 is 4.74 Å². The summed E-state index contributed by atoms with van der Waals surface area (Å²) in [5.41, 5.74) is -0.00856. The van der Waals surface area contributed by atoms with Gasteiger partial charge in [-0.3, -0.25) is 4.99 Å². The molecule has 0 radical (unpaired) electrons. The van der Waals surface area contributed by atoms with Crippen molar-refractivity contribution in [3.05, 3.63) is 30.3 Å². The Kier molecular flexibility index (Phi) is 5.67. The van der Waals surface area contributed by atoms with Crippen LogP contribution in [0.15, 0.2) is 35.3 Å². The largest absolute Gasteiger partial charge is 0.489 e. The van der Waals surface area contributed by atoms with Crippen LogP contribution in [-0.2, 0) is 0 Å². The third kappa shape index (κ3) is 6.70. The number of para-hydroxylation sites is 1. The molecule has 0 saturated heterocycles. The van der Waals surface area contributed by atoms with Gasteiger partial charge >= 0.3 is 0 Å². The Balaban J connectivity index is 2.39. The summed E-state index contributed by atoms with van der Waals surface area (Å²) in [6, 6.07) is 9.83. The zero-order valence-electron chi connectivity index (χ0n) is 12.5. The monoisotopic (exact) mass is 263 g/mol. The van der Waals surface area contributed by atoms with Crippen LogP contribution in [0.2, 0.25) is 0 Å². The van der Waals surface area contributed by atoms with Crippen LogP contribution in [0, 0.1) is 0 Å². The number of aliphatic imine (C=N–C) groups is 1. The van der Waals surface area contributed by atoms with Gasteiger partial charge in [0.15, 0.2) is 5.96 Å². The Labute approximate surface area is 116 Å². The number of nitrogens with zero attached hydrogens (tertiary/aromatic N) is 1. The van der Waals surface area contributed by atoms with Crippen molar-refractivity contribution in [3.8, 4) is 5.75 Å². The molecule has 1 aromatic rings. The molecule has 4 nitrogen and oxygen atoms in total. The first-order chi connectivity index (χ1) is 8.90. The van der Waals surface area contributed by atoms with Gasteiger partial charge < -0.3 is 15.4 Å². The van der Waals surface area contributed by atoms with Crippen LogP contribution >= 0.6 is 0 Å². The maximum atomic E-state index is 5.79. The molecule has 19 heavy (non-hydrogen) atoms. The lowest BCUT2D eigenvalue weighted by Gasteiger charge is -2.25. The number of guanidine groups is 1. The Bertz CT molecular complexity index is 396. The molecule has 0 aromatic heterocycles. The van der Waals surface area contributed by atoms with Crippen LogP contribution in [0.5, 0.6) is 5.75 Å². The number of rotatable bonds is 4. The molecule has 0 aliphatic carbocycles. The van der Waals surface area contributed by atoms with Crippen molar-refractivity contribution in [2.24, 2.45) is 4.99 Å². The predicted octanol–water partition coefficient (Wildman–Crippen LogP) is 2.42. The Morgan fingerprint density at radius 3 is 2.42 bits per heavy atom. The van der Waals surface area contributed by atoms with Gasteiger partial charge in [0.25, 0.3) is 0 Å². The summed E-state index contributed by atoms with van der Waals surface area (Å²) in [7, 11) is 1.77. The van der Waals surface area contributed by atoms with E-state index in [-0.39, 0.29) is 11.6 Å². The lowest BCUT2D eigenvalue weighted by molar-refractivity contribution is 0.223. The quantitative estimate of drug-likeness (QED) is 0.648. The molecule has 1 unspecified atom stereocenters. The molecule has 0 heterocycles. The first-order valence-electron chi connectivity index (χ1n) is 6.61. The molecule has 0 amide bonds. The minimum Gasteiger partial charge on any atom is -0.489 e. The van der Waals surface area contributed by atoms with E-state index in [9.17, 15) is 0 Å². The third-order valence-corrected chi connectivity index (χ3v) is 2.35. The highest BCUT2D eigenvalue weighted by Gasteiger charge is 2.12. The summed E-state index contributed by atoms with van der Waals surface area (Å²) in [6.07, 6.45) is 0.0703. The number of nitrogens with one attached hydrogen (secondary N) is 2. The minimum absolute atomic E-state index is 0.00856. The first-order valence-corrected chi connectivity index (χ1v) is 6.61. The normalized spacial score (nSPS) is 13.8. The van der Waals surface area contributed by atoms with Gasteiger partial charge in [0.2, 0.25) is 0 Å². The van der Waals surface area contributed by atoms with E-state index in [1.54, 1.807) is 7.05 Å². The SMILES string of the molecule is CN=C(NCC(C)Oc1ccccc1)NC(C)(C)C. The fraction of sp³-hybridized carbons (Fsp3) is 0.533. The second-order valence-corrected chi connectivity index (χ2v) is 5.57. The van der Waals surface area contributed by atoms with Gasteiger partial charge in [-0.25, -0.2) is 0 Å². The summed E-state index contributed by atoms with van der Waals surface area (Å²) >= 11 is 0. The van der Waals surface area contributed by atoms with Crippen molar-refractivity contribution in [3.63, 3.8) is 0 Å². The molecule has 2 N–H and O–H groups in total. The zero-order chi connectivity index (χ0) is 14.3. The van der Waals surface area contributed by atoms with E-state index in [4.69, 9.17) is 4.74 Å². The molecule has 106 valence electrons. The van der Waals surface area contributed by atoms with Crippen LogP contribution < -0.4 is 15.4 Å². The molecule has 1 atom stereocenters. The van der Waals surface area contributed by atoms with E-state index in [2.05, 4.69) is 36.4 Å². The van der Waals surface area contributed by atoms with Gasteiger partial charge in [0.1, 0.15) is 11.9 Å². The highest BCUT2D eigenvalue weighted by molar-refractivity contribution is 5.80. The maximum absolute atomic E-state index is 5.79. The van der Waals surface area contributed by atoms with Crippen molar-refractivity contribution >= 4 is 5.96 Å². The van der Waals surface area contributed by atoms with Crippen molar-refractivity contribution in [2.75, 3.05) is 13.6 Å². The van der Waals surface area contributed by atoms with E-state index < -0.39 is 0 Å². The second-order valence-electron chi connectivity index (χ2n) is 5.57. The van der Waals surface area contributed by atoms with Gasteiger partial charge in [-0.15, -0.1) is 0 Å². The average Bonchev–Trinajstić information content (AvgIpc) is 2.34. The first kappa shape index (κ1) is 15.3. The number of ether oxygens (including phenoxy) is 1. The molecule has 0 saturated carbocycles. The molecular formula is C15H25N3O. The van der Waals surface area contributed by atoms with Crippen LogP contribution in [0.25, 0.3) is 0 Å². The van der Waals surface area contributed by atoms with Crippen LogP contribution in [-0.4, -0.2) is 31.2 Å². The summed E-state index contributed by atoms with van der Waals surface area (Å²) in [4.78, 5) is 4.19. The Morgan fingerprint density at radius 2 is 1.89 bits per heavy atom. The van der Waals surface area contributed by atoms with E-state index in [0.29, 0.717) is 6.54 Å². The second kappa shape index (κ2) is 7.02. The lowest BCUT2D eigenvalue weighted by Crippen LogP contribution is -2.49. The average molecular weight is 263 g/mol. The molecule has 4 heteroatoms. The molecule has 1 aromatic carbocycles. The van der Waals surface area contributed by atoms with E-state index in [1.165, 1.54) is 0 Å². The van der Waals surface area contributed by atoms with Gasteiger partial charge in [-0.1, -0.05) is 18.2 Å². The summed E-state index contributed by atoms with van der Waals surface area (Å²) in [5, 5.41) is 6.57. The predicted molar refractivity (Wildman–Crippen MR) is 80.8 cm³/mol. The number of hydrogen-bond acceptors (Lipinski definition) is 2. The van der Waals surface area contributed by atoms with Crippen LogP contribution in [0.1, 0.15) is 27.7 Å². The molecule has 0 aliphatic rings. The number of benzene rings is 1. The standard InChI is InChI=1S/C15H25N3O/c1-12(19-13-9-7-6-8-10-13)11-17-14(16-5)18-15(2,3)4/h6-10,12H,11H2,1-5H3,(H2,16,17,18).